The zero-order valence-electron chi connectivity index (χ0n) is 16.9. The molecule has 0 spiro atoms. The van der Waals surface area contributed by atoms with Crippen molar-refractivity contribution in [3.05, 3.63) is 0 Å². The Bertz CT molecular complexity index is 496. The van der Waals surface area contributed by atoms with Crippen molar-refractivity contribution in [1.82, 2.24) is 21.3 Å². The second kappa shape index (κ2) is 13.8. The average molecular weight is 386 g/mol. The summed E-state index contributed by atoms with van der Waals surface area (Å²) in [5.74, 6) is -0.994. The smallest absolute Gasteiger partial charge is 0.312 e. The Balaban J connectivity index is 4.94. The third-order valence-electron chi connectivity index (χ3n) is 3.89. The average Bonchev–Trinajstić information content (AvgIpc) is 2.59. The molecule has 6 N–H and O–H groups in total. The van der Waals surface area contributed by atoms with Crippen molar-refractivity contribution < 1.29 is 19.2 Å². The number of primary amides is 1. The summed E-state index contributed by atoms with van der Waals surface area (Å²) >= 11 is 0. The highest BCUT2D eigenvalue weighted by Gasteiger charge is 2.28. The van der Waals surface area contributed by atoms with Crippen molar-refractivity contribution in [2.24, 2.45) is 11.7 Å². The number of nitrogens with two attached hydrogens (primary N) is 1. The van der Waals surface area contributed by atoms with Crippen LogP contribution in [-0.2, 0) is 14.4 Å². The SMILES string of the molecule is CCCNC(=O)C(CCCNC(N)=O)NC(=O)C(NC(=O)CCC)C(C)C. The number of hydrogen-bond donors (Lipinski definition) is 5. The lowest BCUT2D eigenvalue weighted by Crippen LogP contribution is -2.55. The Kier molecular flexibility index (Phi) is 12.6. The van der Waals surface area contributed by atoms with Crippen LogP contribution < -0.4 is 27.0 Å². The number of carbonyl (C=O) groups is 4. The van der Waals surface area contributed by atoms with Crippen molar-refractivity contribution in [3.63, 3.8) is 0 Å². The molecule has 0 saturated heterocycles. The lowest BCUT2D eigenvalue weighted by molar-refractivity contribution is -0.133. The molecule has 0 saturated carbocycles. The first-order valence-electron chi connectivity index (χ1n) is 9.63. The van der Waals surface area contributed by atoms with Gasteiger partial charge in [0.25, 0.3) is 0 Å². The van der Waals surface area contributed by atoms with E-state index in [4.69, 9.17) is 5.73 Å². The Morgan fingerprint density at radius 2 is 1.56 bits per heavy atom. The van der Waals surface area contributed by atoms with E-state index in [0.29, 0.717) is 38.8 Å². The molecule has 0 rings (SSSR count). The Morgan fingerprint density at radius 3 is 2.07 bits per heavy atom. The molecule has 0 aromatic heterocycles. The minimum absolute atomic E-state index is 0.123. The molecule has 0 aliphatic rings. The maximum atomic E-state index is 12.7. The molecule has 0 bridgehead atoms. The topological polar surface area (TPSA) is 142 Å². The van der Waals surface area contributed by atoms with Crippen LogP contribution in [0.15, 0.2) is 0 Å². The van der Waals surface area contributed by atoms with Gasteiger partial charge in [-0.25, -0.2) is 4.79 Å². The highest BCUT2D eigenvalue weighted by Crippen LogP contribution is 2.06. The van der Waals surface area contributed by atoms with Gasteiger partial charge in [-0.05, 0) is 31.6 Å². The summed E-state index contributed by atoms with van der Waals surface area (Å²) in [6.45, 7) is 8.30. The highest BCUT2D eigenvalue weighted by atomic mass is 16.2. The van der Waals surface area contributed by atoms with Crippen molar-refractivity contribution in [1.29, 1.82) is 0 Å². The Morgan fingerprint density at radius 1 is 0.889 bits per heavy atom. The normalized spacial score (nSPS) is 12.8. The zero-order valence-corrected chi connectivity index (χ0v) is 16.9. The van der Waals surface area contributed by atoms with Crippen LogP contribution in [0.1, 0.15) is 59.8 Å². The first-order valence-corrected chi connectivity index (χ1v) is 9.63. The molecule has 0 fully saturated rings. The fourth-order valence-corrected chi connectivity index (χ4v) is 2.43. The van der Waals surface area contributed by atoms with E-state index < -0.39 is 24.0 Å². The van der Waals surface area contributed by atoms with Gasteiger partial charge < -0.3 is 27.0 Å². The van der Waals surface area contributed by atoms with Gasteiger partial charge in [0.1, 0.15) is 12.1 Å². The summed E-state index contributed by atoms with van der Waals surface area (Å²) in [5, 5.41) is 10.7. The minimum atomic E-state index is -0.747. The van der Waals surface area contributed by atoms with E-state index in [1.807, 2.05) is 27.7 Å². The van der Waals surface area contributed by atoms with Crippen molar-refractivity contribution in [2.45, 2.75) is 71.9 Å². The molecule has 0 radical (unpaired) electrons. The van der Waals surface area contributed by atoms with E-state index >= 15 is 0 Å². The summed E-state index contributed by atoms with van der Waals surface area (Å²) in [6.07, 6.45) is 2.62. The van der Waals surface area contributed by atoms with Gasteiger partial charge in [0.05, 0.1) is 0 Å². The summed E-state index contributed by atoms with van der Waals surface area (Å²) < 4.78 is 0. The molecule has 5 amide bonds. The van der Waals surface area contributed by atoms with E-state index in [0.717, 1.165) is 6.42 Å². The molecule has 9 nitrogen and oxygen atoms in total. The summed E-state index contributed by atoms with van der Waals surface area (Å²) in [6, 6.07) is -2.10. The molecule has 0 aromatic rings. The molecule has 27 heavy (non-hydrogen) atoms. The number of hydrogen-bond acceptors (Lipinski definition) is 4. The lowest BCUT2D eigenvalue weighted by atomic mass is 10.0. The van der Waals surface area contributed by atoms with Gasteiger partial charge in [-0.2, -0.15) is 0 Å². The molecule has 0 aliphatic carbocycles. The molecule has 0 heterocycles. The van der Waals surface area contributed by atoms with Gasteiger partial charge in [-0.15, -0.1) is 0 Å². The second-order valence-corrected chi connectivity index (χ2v) is 6.82. The molecular formula is C18H35N5O4. The van der Waals surface area contributed by atoms with Gasteiger partial charge in [0, 0.05) is 19.5 Å². The van der Waals surface area contributed by atoms with Crippen molar-refractivity contribution in [2.75, 3.05) is 13.1 Å². The third kappa shape index (κ3) is 11.1. The number of carbonyl (C=O) groups excluding carboxylic acids is 4. The molecule has 0 aliphatic heterocycles. The van der Waals surface area contributed by atoms with Crippen molar-refractivity contribution in [3.8, 4) is 0 Å². The monoisotopic (exact) mass is 385 g/mol. The predicted octanol–water partition coefficient (Wildman–Crippen LogP) is 0.387. The number of amides is 5. The Hall–Kier alpha value is -2.32. The van der Waals surface area contributed by atoms with Crippen LogP contribution in [0.25, 0.3) is 0 Å². The van der Waals surface area contributed by atoms with Crippen molar-refractivity contribution >= 4 is 23.8 Å². The molecule has 156 valence electrons. The van der Waals surface area contributed by atoms with Gasteiger partial charge in [-0.3, -0.25) is 14.4 Å². The standard InChI is InChI=1S/C18H35N5O4/c1-5-8-14(24)23-15(12(3)4)17(26)22-13(16(25)20-10-6-2)9-7-11-21-18(19)27/h12-13,15H,5-11H2,1-4H3,(H,20,25)(H,22,26)(H,23,24)(H3,19,21,27). The highest BCUT2D eigenvalue weighted by molar-refractivity contribution is 5.92. The van der Waals surface area contributed by atoms with Crippen LogP contribution in [-0.4, -0.2) is 48.9 Å². The summed E-state index contributed by atoms with van der Waals surface area (Å²) in [4.78, 5) is 47.6. The maximum absolute atomic E-state index is 12.7. The van der Waals surface area contributed by atoms with Gasteiger partial charge >= 0.3 is 6.03 Å². The molecule has 2 unspecified atom stereocenters. The minimum Gasteiger partial charge on any atom is -0.354 e. The maximum Gasteiger partial charge on any atom is 0.312 e. The van der Waals surface area contributed by atoms with E-state index in [2.05, 4.69) is 21.3 Å². The van der Waals surface area contributed by atoms with Crippen LogP contribution in [0.5, 0.6) is 0 Å². The van der Waals surface area contributed by atoms with Crippen LogP contribution in [0.4, 0.5) is 4.79 Å². The van der Waals surface area contributed by atoms with E-state index in [1.54, 1.807) is 0 Å². The zero-order chi connectivity index (χ0) is 20.8. The van der Waals surface area contributed by atoms with Gasteiger partial charge in [0.2, 0.25) is 17.7 Å². The summed E-state index contributed by atoms with van der Waals surface area (Å²) in [7, 11) is 0. The fourth-order valence-electron chi connectivity index (χ4n) is 2.43. The Labute approximate surface area is 161 Å². The third-order valence-corrected chi connectivity index (χ3v) is 3.89. The van der Waals surface area contributed by atoms with E-state index in [1.165, 1.54) is 0 Å². The molecule has 2 atom stereocenters. The second-order valence-electron chi connectivity index (χ2n) is 6.82. The number of nitrogens with one attached hydrogen (secondary N) is 4. The summed E-state index contributed by atoms with van der Waals surface area (Å²) in [5.41, 5.74) is 5.02. The quantitative estimate of drug-likeness (QED) is 0.292. The number of urea groups is 1. The van der Waals surface area contributed by atoms with Crippen LogP contribution >= 0.6 is 0 Å². The van der Waals surface area contributed by atoms with Crippen LogP contribution in [0, 0.1) is 5.92 Å². The van der Waals surface area contributed by atoms with Gasteiger partial charge in [-0.1, -0.05) is 27.7 Å². The molecule has 9 heteroatoms. The molecular weight excluding hydrogens is 350 g/mol. The van der Waals surface area contributed by atoms with Crippen LogP contribution in [0.2, 0.25) is 0 Å². The largest absolute Gasteiger partial charge is 0.354 e. The van der Waals surface area contributed by atoms with E-state index in [-0.39, 0.29) is 17.7 Å². The fraction of sp³-hybridized carbons (Fsp3) is 0.778. The molecule has 0 aromatic carbocycles. The van der Waals surface area contributed by atoms with Crippen LogP contribution in [0.3, 0.4) is 0 Å². The number of rotatable bonds is 13. The first kappa shape index (κ1) is 24.7. The predicted molar refractivity (Wildman–Crippen MR) is 104 cm³/mol. The lowest BCUT2D eigenvalue weighted by Gasteiger charge is -2.25. The van der Waals surface area contributed by atoms with E-state index in [9.17, 15) is 19.2 Å². The van der Waals surface area contributed by atoms with Gasteiger partial charge in [0.15, 0.2) is 0 Å². The first-order chi connectivity index (χ1) is 12.7.